The highest BCUT2D eigenvalue weighted by Crippen LogP contribution is 2.42. The number of aromatic carboxylic acids is 1. The van der Waals surface area contributed by atoms with E-state index in [0.717, 1.165) is 12.1 Å². The predicted molar refractivity (Wildman–Crippen MR) is 127 cm³/mol. The van der Waals surface area contributed by atoms with E-state index in [1.807, 2.05) is 0 Å². The second-order valence-electron chi connectivity index (χ2n) is 7.60. The van der Waals surface area contributed by atoms with Crippen molar-refractivity contribution in [3.8, 4) is 17.2 Å². The van der Waals surface area contributed by atoms with Crippen molar-refractivity contribution in [2.75, 3.05) is 14.2 Å². The van der Waals surface area contributed by atoms with Crippen LogP contribution >= 0.6 is 0 Å². The van der Waals surface area contributed by atoms with E-state index in [9.17, 15) is 24.5 Å². The molecule has 0 atom stereocenters. The Morgan fingerprint density at radius 1 is 0.919 bits per heavy atom. The number of phenols is 3. The number of hydrogen-bond acceptors (Lipinski definition) is 11. The van der Waals surface area contributed by atoms with Crippen LogP contribution in [-0.2, 0) is 19.1 Å². The third-order valence-corrected chi connectivity index (χ3v) is 5.33. The molecule has 37 heavy (non-hydrogen) atoms. The molecule has 0 saturated heterocycles. The Morgan fingerprint density at radius 2 is 1.38 bits per heavy atom. The molecule has 0 unspecified atom stereocenters. The van der Waals surface area contributed by atoms with Crippen molar-refractivity contribution in [2.24, 2.45) is 0 Å². The van der Waals surface area contributed by atoms with Crippen LogP contribution < -0.4 is 5.32 Å². The quantitative estimate of drug-likeness (QED) is 0.168. The van der Waals surface area contributed by atoms with Gasteiger partial charge in [-0.15, -0.1) is 0 Å². The Labute approximate surface area is 210 Å². The van der Waals surface area contributed by atoms with E-state index >= 15 is 0 Å². The van der Waals surface area contributed by atoms with Gasteiger partial charge in [-0.25, -0.2) is 14.4 Å². The number of nitro benzene ring substituents is 1. The van der Waals surface area contributed by atoms with E-state index in [4.69, 9.17) is 29.9 Å². The van der Waals surface area contributed by atoms with Gasteiger partial charge in [-0.2, -0.15) is 0 Å². The molecule has 1 heterocycles. The molecule has 0 fully saturated rings. The highest BCUT2D eigenvalue weighted by molar-refractivity contribution is 6.00. The molecule has 196 valence electrons. The molecule has 0 radical (unpaired) electrons. The Morgan fingerprint density at radius 3 is 1.78 bits per heavy atom. The molecule has 0 saturated carbocycles. The lowest BCUT2D eigenvalue weighted by Crippen LogP contribution is -2.32. The van der Waals surface area contributed by atoms with E-state index in [2.05, 4.69) is 5.32 Å². The number of allylic oxidation sites excluding steroid dienone is 2. The van der Waals surface area contributed by atoms with Crippen molar-refractivity contribution in [2.45, 2.75) is 19.8 Å². The van der Waals surface area contributed by atoms with Crippen LogP contribution in [0.5, 0.6) is 17.2 Å². The average Bonchev–Trinajstić information content (AvgIpc) is 2.85. The van der Waals surface area contributed by atoms with Gasteiger partial charge in [-0.05, 0) is 26.0 Å². The molecule has 2 aromatic rings. The topological polar surface area (TPSA) is 206 Å². The summed E-state index contributed by atoms with van der Waals surface area (Å²) in [5.74, 6) is -5.66. The maximum Gasteiger partial charge on any atom is 0.336 e. The third-order valence-electron chi connectivity index (χ3n) is 5.33. The van der Waals surface area contributed by atoms with Crippen molar-refractivity contribution in [3.63, 3.8) is 0 Å². The number of aromatic hydroxyl groups is 3. The minimum atomic E-state index is -1.29. The Hall–Kier alpha value is -5.07. The molecular formula is C24H24N2O11. The zero-order valence-corrected chi connectivity index (χ0v) is 20.1. The van der Waals surface area contributed by atoms with Gasteiger partial charge in [0.05, 0.1) is 41.8 Å². The van der Waals surface area contributed by atoms with Crippen LogP contribution in [0.15, 0.2) is 58.9 Å². The van der Waals surface area contributed by atoms with Crippen LogP contribution in [0.1, 0.15) is 35.7 Å². The molecule has 2 aromatic carbocycles. The van der Waals surface area contributed by atoms with Crippen LogP contribution in [0.3, 0.4) is 0 Å². The number of nitrogens with zero attached hydrogens (tertiary/aromatic N) is 1. The Bertz CT molecular complexity index is 1270. The summed E-state index contributed by atoms with van der Waals surface area (Å²) in [4.78, 5) is 45.9. The second kappa shape index (κ2) is 11.6. The lowest BCUT2D eigenvalue weighted by Gasteiger charge is -2.29. The van der Waals surface area contributed by atoms with Crippen molar-refractivity contribution >= 4 is 23.6 Å². The average molecular weight is 516 g/mol. The summed E-state index contributed by atoms with van der Waals surface area (Å²) >= 11 is 0. The summed E-state index contributed by atoms with van der Waals surface area (Å²) in [5, 5.41) is 49.3. The van der Waals surface area contributed by atoms with Gasteiger partial charge in [-0.3, -0.25) is 10.1 Å². The first-order valence-corrected chi connectivity index (χ1v) is 10.4. The molecule has 0 amide bonds. The Kier molecular flexibility index (Phi) is 8.81. The minimum absolute atomic E-state index is 0.128. The molecule has 1 aliphatic rings. The zero-order valence-electron chi connectivity index (χ0n) is 20.1. The first-order chi connectivity index (χ1) is 17.3. The maximum absolute atomic E-state index is 12.3. The van der Waals surface area contributed by atoms with Gasteiger partial charge in [0.2, 0.25) is 0 Å². The van der Waals surface area contributed by atoms with Gasteiger partial charge >= 0.3 is 17.9 Å². The molecule has 1 aliphatic heterocycles. The van der Waals surface area contributed by atoms with E-state index < -0.39 is 46.0 Å². The van der Waals surface area contributed by atoms with Crippen molar-refractivity contribution in [1.29, 1.82) is 0 Å². The number of nitrogens with one attached hydrogen (secondary N) is 1. The molecule has 0 bridgehead atoms. The standard InChI is InChI=1S/C17H18N2O6.C7H6O5/c1-9-13(16(20)24-3)15(14(10(2)18-9)17(21)25-4)11-7-5-6-8-12(11)19(22)23;8-4-1-3(7(11)12)2-5(9)6(4)10/h5-8,15,18H,1-4H3;1-2,8-10H,(H,11,12). The summed E-state index contributed by atoms with van der Waals surface area (Å²) in [6.45, 7) is 3.29. The number of esters is 2. The van der Waals surface area contributed by atoms with E-state index in [0.29, 0.717) is 11.4 Å². The number of nitro groups is 1. The maximum atomic E-state index is 12.3. The number of carboxylic acids is 1. The van der Waals surface area contributed by atoms with Crippen molar-refractivity contribution in [1.82, 2.24) is 5.32 Å². The fourth-order valence-electron chi connectivity index (χ4n) is 3.69. The van der Waals surface area contributed by atoms with E-state index in [1.165, 1.54) is 32.4 Å². The van der Waals surface area contributed by atoms with Crippen LogP contribution in [0.4, 0.5) is 5.69 Å². The highest BCUT2D eigenvalue weighted by Gasteiger charge is 2.40. The van der Waals surface area contributed by atoms with Gasteiger partial charge in [0.25, 0.3) is 5.69 Å². The number of phenolic OH excluding ortho intramolecular Hbond substituents is 3. The normalized spacial score (nSPS) is 13.2. The van der Waals surface area contributed by atoms with Gasteiger partial charge < -0.3 is 35.2 Å². The molecule has 0 aliphatic carbocycles. The zero-order chi connectivity index (χ0) is 28.0. The molecule has 13 heteroatoms. The number of hydrogen-bond donors (Lipinski definition) is 5. The SMILES string of the molecule is COC(=O)C1=C(C)NC(C)=C(C(=O)OC)C1c1ccccc1[N+](=O)[O-].O=C(O)c1cc(O)c(O)c(O)c1. The number of carbonyl (C=O) groups excluding carboxylic acids is 2. The number of methoxy groups -OCH3 is 2. The molecule has 13 nitrogen and oxygen atoms in total. The number of dihydropyridines is 1. The summed E-state index contributed by atoms with van der Waals surface area (Å²) in [5.41, 5.74) is 0.903. The summed E-state index contributed by atoms with van der Waals surface area (Å²) in [6, 6.07) is 7.66. The lowest BCUT2D eigenvalue weighted by atomic mass is 9.79. The van der Waals surface area contributed by atoms with Gasteiger partial charge in [-0.1, -0.05) is 18.2 Å². The molecule has 0 spiro atoms. The fraction of sp³-hybridized carbons (Fsp3) is 0.208. The smallest absolute Gasteiger partial charge is 0.336 e. The lowest BCUT2D eigenvalue weighted by molar-refractivity contribution is -0.385. The Balaban J connectivity index is 0.000000335. The molecule has 0 aromatic heterocycles. The summed E-state index contributed by atoms with van der Waals surface area (Å²) in [6.07, 6.45) is 0. The number of rotatable bonds is 5. The molecular weight excluding hydrogens is 492 g/mol. The number of ether oxygens (including phenoxy) is 2. The van der Waals surface area contributed by atoms with Crippen LogP contribution in [0, 0.1) is 10.1 Å². The van der Waals surface area contributed by atoms with E-state index in [-0.39, 0.29) is 28.0 Å². The minimum Gasteiger partial charge on any atom is -0.504 e. The van der Waals surface area contributed by atoms with Crippen LogP contribution in [0.25, 0.3) is 0 Å². The van der Waals surface area contributed by atoms with Gasteiger partial charge in [0.15, 0.2) is 17.2 Å². The van der Waals surface area contributed by atoms with Crippen LogP contribution in [0.2, 0.25) is 0 Å². The number of benzene rings is 2. The molecule has 3 rings (SSSR count). The second-order valence-corrected chi connectivity index (χ2v) is 7.60. The van der Waals surface area contributed by atoms with Crippen molar-refractivity contribution in [3.05, 3.63) is 80.2 Å². The third kappa shape index (κ3) is 5.96. The number of carboxylic acid groups (broad SMARTS) is 1. The highest BCUT2D eigenvalue weighted by atomic mass is 16.6. The number of carbonyl (C=O) groups is 3. The largest absolute Gasteiger partial charge is 0.504 e. The summed E-state index contributed by atoms with van der Waals surface area (Å²) in [7, 11) is 2.42. The first kappa shape index (κ1) is 28.2. The molecule has 5 N–H and O–H groups in total. The predicted octanol–water partition coefficient (Wildman–Crippen LogP) is 2.68. The van der Waals surface area contributed by atoms with Gasteiger partial charge in [0.1, 0.15) is 0 Å². The fourth-order valence-corrected chi connectivity index (χ4v) is 3.69. The first-order valence-electron chi connectivity index (χ1n) is 10.4. The van der Waals surface area contributed by atoms with Crippen molar-refractivity contribution < 1.29 is 49.2 Å². The van der Waals surface area contributed by atoms with Crippen LogP contribution in [-0.4, -0.2) is 57.5 Å². The monoisotopic (exact) mass is 516 g/mol. The van der Waals surface area contributed by atoms with Gasteiger partial charge in [0, 0.05) is 23.0 Å². The van der Waals surface area contributed by atoms with E-state index in [1.54, 1.807) is 19.9 Å². The number of para-hydroxylation sites is 1. The summed E-state index contributed by atoms with van der Waals surface area (Å²) < 4.78 is 9.66.